The molecule has 2 aromatic heterocycles. The van der Waals surface area contributed by atoms with E-state index >= 15 is 0 Å². The Labute approximate surface area is 167 Å². The van der Waals surface area contributed by atoms with Gasteiger partial charge in [0.15, 0.2) is 0 Å². The molecule has 2 heterocycles. The Morgan fingerprint density at radius 1 is 1.24 bits per heavy atom. The van der Waals surface area contributed by atoms with Crippen LogP contribution in [0.25, 0.3) is 11.3 Å². The van der Waals surface area contributed by atoms with Crippen LogP contribution in [0.5, 0.6) is 11.5 Å². The molecule has 1 amide bonds. The van der Waals surface area contributed by atoms with Gasteiger partial charge in [-0.3, -0.25) is 9.78 Å². The van der Waals surface area contributed by atoms with E-state index in [0.29, 0.717) is 35.3 Å². The van der Waals surface area contributed by atoms with Gasteiger partial charge in [0, 0.05) is 30.6 Å². The Morgan fingerprint density at radius 2 is 2.00 bits per heavy atom. The number of H-pyrrole nitrogens is 1. The minimum Gasteiger partial charge on any atom is -0.507 e. The van der Waals surface area contributed by atoms with E-state index in [1.807, 2.05) is 12.1 Å². The van der Waals surface area contributed by atoms with Crippen LogP contribution in [0.3, 0.4) is 0 Å². The smallest absolute Gasteiger partial charge is 0.412 e. The van der Waals surface area contributed by atoms with E-state index in [1.54, 1.807) is 38.4 Å². The zero-order chi connectivity index (χ0) is 20.8. The van der Waals surface area contributed by atoms with Gasteiger partial charge >= 0.3 is 11.7 Å². The molecule has 1 aromatic carbocycles. The minimum absolute atomic E-state index is 0.150. The summed E-state index contributed by atoms with van der Waals surface area (Å²) in [7, 11) is 0. The van der Waals surface area contributed by atoms with Crippen LogP contribution in [-0.4, -0.2) is 32.9 Å². The normalized spacial score (nSPS) is 10.6. The Balaban J connectivity index is 1.62. The number of aromatic hydroxyl groups is 1. The van der Waals surface area contributed by atoms with Gasteiger partial charge in [-0.05, 0) is 61.6 Å². The quantitative estimate of drug-likeness (QED) is 0.554. The average Bonchev–Trinajstić information content (AvgIpc) is 2.71. The molecule has 8 heteroatoms. The molecule has 0 saturated carbocycles. The zero-order valence-electron chi connectivity index (χ0n) is 16.2. The molecule has 8 nitrogen and oxygen atoms in total. The molecule has 0 aliphatic carbocycles. The first-order chi connectivity index (χ1) is 13.9. The van der Waals surface area contributed by atoms with Crippen LogP contribution in [-0.2, 0) is 6.42 Å². The Bertz CT molecular complexity index is 1040. The van der Waals surface area contributed by atoms with Crippen LogP contribution in [0.2, 0.25) is 0 Å². The zero-order valence-corrected chi connectivity index (χ0v) is 16.2. The molecule has 3 rings (SSSR count). The predicted molar refractivity (Wildman–Crippen MR) is 108 cm³/mol. The van der Waals surface area contributed by atoms with Gasteiger partial charge in [0.1, 0.15) is 5.75 Å². The highest BCUT2D eigenvalue weighted by atomic mass is 16.6. The molecular formula is C21H22N4O4. The first kappa shape index (κ1) is 20.1. The maximum Gasteiger partial charge on any atom is 0.412 e. The van der Waals surface area contributed by atoms with Crippen LogP contribution < -0.4 is 15.6 Å². The molecule has 0 fully saturated rings. The topological polar surface area (TPSA) is 117 Å². The van der Waals surface area contributed by atoms with Gasteiger partial charge in [0.2, 0.25) is 5.75 Å². The summed E-state index contributed by atoms with van der Waals surface area (Å²) >= 11 is 0. The number of pyridine rings is 1. The van der Waals surface area contributed by atoms with Crippen LogP contribution in [0.4, 0.5) is 4.79 Å². The van der Waals surface area contributed by atoms with Gasteiger partial charge in [-0.15, -0.1) is 0 Å². The molecule has 0 radical (unpaired) electrons. The van der Waals surface area contributed by atoms with Crippen molar-refractivity contribution in [3.8, 4) is 22.8 Å². The number of carbonyl (C=O) groups excluding carboxylic acids is 1. The summed E-state index contributed by atoms with van der Waals surface area (Å²) in [5, 5.41) is 18.9. The molecule has 0 unspecified atom stereocenters. The highest BCUT2D eigenvalue weighted by molar-refractivity contribution is 5.71. The monoisotopic (exact) mass is 394 g/mol. The van der Waals surface area contributed by atoms with Crippen LogP contribution in [0.1, 0.15) is 23.1 Å². The predicted octanol–water partition coefficient (Wildman–Crippen LogP) is 2.88. The number of phenols is 1. The van der Waals surface area contributed by atoms with E-state index in [9.17, 15) is 14.7 Å². The molecule has 150 valence electrons. The van der Waals surface area contributed by atoms with Crippen molar-refractivity contribution in [3.05, 3.63) is 69.8 Å². The number of amides is 1. The van der Waals surface area contributed by atoms with Crippen LogP contribution in [0, 0.1) is 13.8 Å². The Kier molecular flexibility index (Phi) is 6.23. The van der Waals surface area contributed by atoms with Crippen molar-refractivity contribution in [3.63, 3.8) is 0 Å². The maximum absolute atomic E-state index is 12.0. The summed E-state index contributed by atoms with van der Waals surface area (Å²) in [4.78, 5) is 28.0. The third-order valence-electron chi connectivity index (χ3n) is 4.39. The Morgan fingerprint density at radius 3 is 2.69 bits per heavy atom. The molecule has 3 aromatic rings. The summed E-state index contributed by atoms with van der Waals surface area (Å²) in [5.41, 5.74) is 2.96. The van der Waals surface area contributed by atoms with Crippen molar-refractivity contribution in [1.29, 1.82) is 0 Å². The number of phenolic OH excluding ortho intramolecular Hbond substituents is 1. The van der Waals surface area contributed by atoms with E-state index < -0.39 is 11.7 Å². The molecule has 0 atom stereocenters. The molecule has 0 saturated heterocycles. The van der Waals surface area contributed by atoms with Gasteiger partial charge in [-0.1, -0.05) is 6.07 Å². The van der Waals surface area contributed by atoms with Crippen LogP contribution >= 0.6 is 0 Å². The third-order valence-corrected chi connectivity index (χ3v) is 4.39. The second-order valence-electron chi connectivity index (χ2n) is 6.69. The number of carbonyl (C=O) groups is 1. The van der Waals surface area contributed by atoms with Gasteiger partial charge in [-0.25, -0.2) is 9.89 Å². The molecule has 0 bridgehead atoms. The number of aryl methyl sites for hydroxylation is 3. The van der Waals surface area contributed by atoms with Crippen molar-refractivity contribution in [2.75, 3.05) is 6.54 Å². The lowest BCUT2D eigenvalue weighted by Crippen LogP contribution is -2.30. The van der Waals surface area contributed by atoms with Crippen molar-refractivity contribution in [2.24, 2.45) is 0 Å². The SMILES string of the molecule is Cc1cc(-c2cc(OC(=O)NCCCc3cccnc3)c(=O)[nH]n2)cc(C)c1O. The lowest BCUT2D eigenvalue weighted by Gasteiger charge is -2.09. The summed E-state index contributed by atoms with van der Waals surface area (Å²) in [6.07, 6.45) is 4.26. The van der Waals surface area contributed by atoms with Crippen molar-refractivity contribution < 1.29 is 14.6 Å². The number of rotatable bonds is 6. The summed E-state index contributed by atoms with van der Waals surface area (Å²) in [6, 6.07) is 8.72. The fourth-order valence-corrected chi connectivity index (χ4v) is 2.88. The summed E-state index contributed by atoms with van der Waals surface area (Å²) < 4.78 is 5.15. The summed E-state index contributed by atoms with van der Waals surface area (Å²) in [6.45, 7) is 3.95. The van der Waals surface area contributed by atoms with E-state index in [-0.39, 0.29) is 11.5 Å². The van der Waals surface area contributed by atoms with Gasteiger partial charge < -0.3 is 15.2 Å². The molecule has 0 aliphatic rings. The van der Waals surface area contributed by atoms with Crippen molar-refractivity contribution >= 4 is 6.09 Å². The molecule has 3 N–H and O–H groups in total. The molecule has 0 spiro atoms. The average molecular weight is 394 g/mol. The van der Waals surface area contributed by atoms with Gasteiger partial charge in [0.05, 0.1) is 5.69 Å². The van der Waals surface area contributed by atoms with E-state index in [2.05, 4.69) is 20.5 Å². The number of benzene rings is 1. The fraction of sp³-hybridized carbons (Fsp3) is 0.238. The number of aromatic amines is 1. The fourth-order valence-electron chi connectivity index (χ4n) is 2.88. The number of ether oxygens (including phenoxy) is 1. The first-order valence-corrected chi connectivity index (χ1v) is 9.19. The second-order valence-corrected chi connectivity index (χ2v) is 6.69. The van der Waals surface area contributed by atoms with Gasteiger partial charge in [0.25, 0.3) is 0 Å². The number of aromatic nitrogens is 3. The van der Waals surface area contributed by atoms with Gasteiger partial charge in [-0.2, -0.15) is 5.10 Å². The first-order valence-electron chi connectivity index (χ1n) is 9.19. The standard InChI is InChI=1S/C21H22N4O4/c1-13-9-16(10-14(2)19(13)26)17-11-18(20(27)25-24-17)29-21(28)23-8-4-6-15-5-3-7-22-12-15/h3,5,7,9-12,26H,4,6,8H2,1-2H3,(H,23,28)(H,25,27). The van der Waals surface area contributed by atoms with Crippen molar-refractivity contribution in [2.45, 2.75) is 26.7 Å². The highest BCUT2D eigenvalue weighted by Gasteiger charge is 2.12. The van der Waals surface area contributed by atoms with E-state index in [0.717, 1.165) is 12.0 Å². The number of nitrogens with zero attached hydrogens (tertiary/aromatic N) is 2. The highest BCUT2D eigenvalue weighted by Crippen LogP contribution is 2.28. The molecule has 29 heavy (non-hydrogen) atoms. The number of nitrogens with one attached hydrogen (secondary N) is 2. The number of hydrogen-bond donors (Lipinski definition) is 3. The summed E-state index contributed by atoms with van der Waals surface area (Å²) in [5.74, 6) is 0.0588. The lowest BCUT2D eigenvalue weighted by molar-refractivity contribution is 0.199. The second kappa shape index (κ2) is 9.01. The van der Waals surface area contributed by atoms with Crippen LogP contribution in [0.15, 0.2) is 47.5 Å². The number of hydrogen-bond acceptors (Lipinski definition) is 6. The molecule has 0 aliphatic heterocycles. The van der Waals surface area contributed by atoms with E-state index in [4.69, 9.17) is 4.74 Å². The largest absolute Gasteiger partial charge is 0.507 e. The third kappa shape index (κ3) is 5.19. The lowest BCUT2D eigenvalue weighted by atomic mass is 10.0. The molecular weight excluding hydrogens is 372 g/mol. The minimum atomic E-state index is -0.711. The van der Waals surface area contributed by atoms with Crippen molar-refractivity contribution in [1.82, 2.24) is 20.5 Å². The maximum atomic E-state index is 12.0. The van der Waals surface area contributed by atoms with E-state index in [1.165, 1.54) is 6.07 Å². The Hall–Kier alpha value is -3.68.